The average molecular weight is 402 g/mol. The number of aryl methyl sites for hydroxylation is 1. The van der Waals surface area contributed by atoms with E-state index in [0.717, 1.165) is 16.7 Å². The minimum absolute atomic E-state index is 0.0180. The van der Waals surface area contributed by atoms with Gasteiger partial charge in [0, 0.05) is 43.3 Å². The van der Waals surface area contributed by atoms with Gasteiger partial charge in [0.2, 0.25) is 5.91 Å². The van der Waals surface area contributed by atoms with E-state index in [9.17, 15) is 9.59 Å². The van der Waals surface area contributed by atoms with Crippen molar-refractivity contribution in [2.45, 2.75) is 19.4 Å². The number of rotatable bonds is 7. The van der Waals surface area contributed by atoms with Crippen LogP contribution in [-0.2, 0) is 11.2 Å². The van der Waals surface area contributed by atoms with Crippen molar-refractivity contribution in [3.63, 3.8) is 0 Å². The molecular formula is C24H26N4O2. The lowest BCUT2D eigenvalue weighted by atomic mass is 10.0. The third kappa shape index (κ3) is 5.75. The highest BCUT2D eigenvalue weighted by atomic mass is 16.2. The minimum Gasteiger partial charge on any atom is -0.344 e. The largest absolute Gasteiger partial charge is 0.344 e. The van der Waals surface area contributed by atoms with Gasteiger partial charge in [-0.3, -0.25) is 14.6 Å². The van der Waals surface area contributed by atoms with Gasteiger partial charge in [-0.25, -0.2) is 0 Å². The zero-order valence-corrected chi connectivity index (χ0v) is 17.2. The fourth-order valence-electron chi connectivity index (χ4n) is 3.15. The van der Waals surface area contributed by atoms with Crippen molar-refractivity contribution in [3.8, 4) is 0 Å². The molecule has 0 spiro atoms. The van der Waals surface area contributed by atoms with Crippen LogP contribution in [0.2, 0.25) is 0 Å². The molecule has 0 aliphatic heterocycles. The summed E-state index contributed by atoms with van der Waals surface area (Å²) >= 11 is 0. The number of anilines is 1. The zero-order valence-electron chi connectivity index (χ0n) is 17.2. The summed E-state index contributed by atoms with van der Waals surface area (Å²) in [5.74, 6) is -0.184. The molecule has 1 atom stereocenters. The van der Waals surface area contributed by atoms with Gasteiger partial charge in [0.15, 0.2) is 0 Å². The molecule has 0 bridgehead atoms. The van der Waals surface area contributed by atoms with Crippen molar-refractivity contribution in [3.05, 3.63) is 95.3 Å². The highest BCUT2D eigenvalue weighted by molar-refractivity contribution is 6.04. The standard InChI is InChI=1S/C24H26N4O2/c1-17-4-3-5-18(14-17)15-23(29)28(2)16-22(25)19-6-8-20(9-7-19)24(30)27-21-10-12-26-13-11-21/h3-14,22H,15-16,25H2,1-2H3,(H,26,27,30). The number of hydrogen-bond acceptors (Lipinski definition) is 4. The number of nitrogens with zero attached hydrogens (tertiary/aromatic N) is 2. The first-order valence-corrected chi connectivity index (χ1v) is 9.79. The maximum atomic E-state index is 12.5. The van der Waals surface area contributed by atoms with Crippen LogP contribution < -0.4 is 11.1 Å². The van der Waals surface area contributed by atoms with Crippen LogP contribution in [-0.4, -0.2) is 35.3 Å². The summed E-state index contributed by atoms with van der Waals surface area (Å²) in [6.45, 7) is 2.40. The summed E-state index contributed by atoms with van der Waals surface area (Å²) in [4.78, 5) is 30.4. The highest BCUT2D eigenvalue weighted by Gasteiger charge is 2.15. The van der Waals surface area contributed by atoms with Gasteiger partial charge in [-0.2, -0.15) is 0 Å². The van der Waals surface area contributed by atoms with Crippen molar-refractivity contribution in [1.82, 2.24) is 9.88 Å². The Morgan fingerprint density at radius 3 is 2.43 bits per heavy atom. The number of nitrogens with one attached hydrogen (secondary N) is 1. The Bertz CT molecular complexity index is 1000. The molecule has 0 aliphatic rings. The second kappa shape index (κ2) is 9.80. The predicted molar refractivity (Wildman–Crippen MR) is 118 cm³/mol. The molecule has 2 aromatic carbocycles. The van der Waals surface area contributed by atoms with Crippen molar-refractivity contribution < 1.29 is 9.59 Å². The molecule has 30 heavy (non-hydrogen) atoms. The number of aromatic nitrogens is 1. The van der Waals surface area contributed by atoms with E-state index < -0.39 is 0 Å². The SMILES string of the molecule is Cc1cccc(CC(=O)N(C)CC(N)c2ccc(C(=O)Nc3ccncc3)cc2)c1. The molecule has 3 aromatic rings. The number of nitrogens with two attached hydrogens (primary N) is 1. The fraction of sp³-hybridized carbons (Fsp3) is 0.208. The molecule has 154 valence electrons. The van der Waals surface area contributed by atoms with Gasteiger partial charge in [-0.15, -0.1) is 0 Å². The lowest BCUT2D eigenvalue weighted by Crippen LogP contribution is -2.35. The van der Waals surface area contributed by atoms with Gasteiger partial charge in [0.05, 0.1) is 6.42 Å². The molecule has 0 radical (unpaired) electrons. The van der Waals surface area contributed by atoms with E-state index in [1.54, 1.807) is 48.6 Å². The lowest BCUT2D eigenvalue weighted by Gasteiger charge is -2.22. The number of benzene rings is 2. The third-order valence-electron chi connectivity index (χ3n) is 4.87. The zero-order chi connectivity index (χ0) is 21.5. The average Bonchev–Trinajstić information content (AvgIpc) is 2.74. The van der Waals surface area contributed by atoms with E-state index in [2.05, 4.69) is 10.3 Å². The molecule has 1 heterocycles. The van der Waals surface area contributed by atoms with Gasteiger partial charge in [-0.05, 0) is 42.3 Å². The van der Waals surface area contributed by atoms with E-state index in [4.69, 9.17) is 5.73 Å². The quantitative estimate of drug-likeness (QED) is 0.634. The molecule has 6 nitrogen and oxygen atoms in total. The molecule has 3 rings (SSSR count). The summed E-state index contributed by atoms with van der Waals surface area (Å²) < 4.78 is 0. The maximum absolute atomic E-state index is 12.5. The molecule has 0 aliphatic carbocycles. The molecule has 1 unspecified atom stereocenters. The second-order valence-corrected chi connectivity index (χ2v) is 7.36. The van der Waals surface area contributed by atoms with Gasteiger partial charge in [-0.1, -0.05) is 42.0 Å². The fourth-order valence-corrected chi connectivity index (χ4v) is 3.15. The Balaban J connectivity index is 1.56. The maximum Gasteiger partial charge on any atom is 0.255 e. The topological polar surface area (TPSA) is 88.3 Å². The molecular weight excluding hydrogens is 376 g/mol. The number of carbonyl (C=O) groups is 2. The first-order valence-electron chi connectivity index (χ1n) is 9.79. The van der Waals surface area contributed by atoms with E-state index in [-0.39, 0.29) is 17.9 Å². The summed E-state index contributed by atoms with van der Waals surface area (Å²) in [5, 5.41) is 2.82. The van der Waals surface area contributed by atoms with Crippen LogP contribution in [0.25, 0.3) is 0 Å². The number of amides is 2. The predicted octanol–water partition coefficient (Wildman–Crippen LogP) is 3.34. The molecule has 0 fully saturated rings. The van der Waals surface area contributed by atoms with Crippen LogP contribution in [0.15, 0.2) is 73.1 Å². The molecule has 2 amide bonds. The smallest absolute Gasteiger partial charge is 0.255 e. The molecule has 0 saturated heterocycles. The summed E-state index contributed by atoms with van der Waals surface area (Å²) in [6.07, 6.45) is 3.59. The Labute approximate surface area is 176 Å². The van der Waals surface area contributed by atoms with Crippen molar-refractivity contribution in [1.29, 1.82) is 0 Å². The monoisotopic (exact) mass is 402 g/mol. The number of likely N-dealkylation sites (N-methyl/N-ethyl adjacent to an activating group) is 1. The van der Waals surface area contributed by atoms with E-state index >= 15 is 0 Å². The first-order chi connectivity index (χ1) is 14.4. The van der Waals surface area contributed by atoms with Gasteiger partial charge < -0.3 is 16.0 Å². The van der Waals surface area contributed by atoms with Crippen molar-refractivity contribution in [2.24, 2.45) is 5.73 Å². The van der Waals surface area contributed by atoms with Crippen LogP contribution in [0.3, 0.4) is 0 Å². The molecule has 6 heteroatoms. The van der Waals surface area contributed by atoms with Crippen LogP contribution in [0.5, 0.6) is 0 Å². The Morgan fingerprint density at radius 2 is 1.77 bits per heavy atom. The van der Waals surface area contributed by atoms with E-state index in [0.29, 0.717) is 24.2 Å². The molecule has 1 aromatic heterocycles. The summed E-state index contributed by atoms with van der Waals surface area (Å²) in [6, 6.07) is 18.2. The highest BCUT2D eigenvalue weighted by Crippen LogP contribution is 2.15. The number of hydrogen-bond donors (Lipinski definition) is 2. The van der Waals surface area contributed by atoms with Crippen LogP contribution in [0.4, 0.5) is 5.69 Å². The van der Waals surface area contributed by atoms with E-state index in [1.807, 2.05) is 43.3 Å². The third-order valence-corrected chi connectivity index (χ3v) is 4.87. The van der Waals surface area contributed by atoms with Crippen LogP contribution >= 0.6 is 0 Å². The molecule has 0 saturated carbocycles. The van der Waals surface area contributed by atoms with Crippen LogP contribution in [0.1, 0.15) is 33.1 Å². The summed E-state index contributed by atoms with van der Waals surface area (Å²) in [5.41, 5.74) is 10.5. The minimum atomic E-state index is -0.339. The van der Waals surface area contributed by atoms with Gasteiger partial charge >= 0.3 is 0 Å². The van der Waals surface area contributed by atoms with E-state index in [1.165, 1.54) is 0 Å². The second-order valence-electron chi connectivity index (χ2n) is 7.36. The van der Waals surface area contributed by atoms with Crippen molar-refractivity contribution >= 4 is 17.5 Å². The Morgan fingerprint density at radius 1 is 1.07 bits per heavy atom. The van der Waals surface area contributed by atoms with Crippen LogP contribution in [0, 0.1) is 6.92 Å². The first kappa shape index (κ1) is 21.2. The molecule has 3 N–H and O–H groups in total. The number of carbonyl (C=O) groups excluding carboxylic acids is 2. The van der Waals surface area contributed by atoms with Gasteiger partial charge in [0.1, 0.15) is 0 Å². The van der Waals surface area contributed by atoms with Crippen molar-refractivity contribution in [2.75, 3.05) is 18.9 Å². The Hall–Kier alpha value is -3.51. The Kier molecular flexibility index (Phi) is 6.93. The lowest BCUT2D eigenvalue weighted by molar-refractivity contribution is -0.129. The summed E-state index contributed by atoms with van der Waals surface area (Å²) in [7, 11) is 1.76. The van der Waals surface area contributed by atoms with Gasteiger partial charge in [0.25, 0.3) is 5.91 Å². The normalized spacial score (nSPS) is 11.6. The number of pyridine rings is 1.